The van der Waals surface area contributed by atoms with E-state index in [4.69, 9.17) is 0 Å². The molecule has 0 bridgehead atoms. The van der Waals surface area contributed by atoms with Crippen LogP contribution in [0.4, 0.5) is 4.79 Å². The van der Waals surface area contributed by atoms with Crippen LogP contribution in [0, 0.1) is 0 Å². The fraction of sp³-hybridized carbons (Fsp3) is 0.200. The van der Waals surface area contributed by atoms with Crippen molar-refractivity contribution in [1.82, 2.24) is 15.6 Å². The van der Waals surface area contributed by atoms with Gasteiger partial charge in [-0.3, -0.25) is 0 Å². The lowest BCUT2D eigenvalue weighted by molar-refractivity contribution is -0.139. The Kier molecular flexibility index (Phi) is 4.61. The molecule has 2 rings (SSSR count). The number of para-hydroxylation sites is 1. The standard InChI is InChI=1S/C15H17N3O3/c1-2-7-16-15(21)18-13(14(19)20)8-10-9-17-12-6-4-3-5-11(10)12/h2-6,9,13,17H,1,7-8H2,(H,19,20)(H2,16,18,21)/t13-/m0/s1. The van der Waals surface area contributed by atoms with Crippen LogP contribution in [0.15, 0.2) is 43.1 Å². The first-order valence-electron chi connectivity index (χ1n) is 6.55. The number of hydrogen-bond acceptors (Lipinski definition) is 2. The molecule has 1 aromatic carbocycles. The number of benzene rings is 1. The summed E-state index contributed by atoms with van der Waals surface area (Å²) in [6.07, 6.45) is 3.50. The van der Waals surface area contributed by atoms with Crippen LogP contribution in [-0.2, 0) is 11.2 Å². The van der Waals surface area contributed by atoms with Gasteiger partial charge in [-0.2, -0.15) is 0 Å². The molecule has 4 N–H and O–H groups in total. The van der Waals surface area contributed by atoms with Gasteiger partial charge >= 0.3 is 12.0 Å². The zero-order chi connectivity index (χ0) is 15.2. The Bertz CT molecular complexity index is 663. The fourth-order valence-electron chi connectivity index (χ4n) is 2.09. The molecule has 1 atom stereocenters. The zero-order valence-corrected chi connectivity index (χ0v) is 11.4. The van der Waals surface area contributed by atoms with E-state index in [1.165, 1.54) is 6.08 Å². The van der Waals surface area contributed by atoms with Gasteiger partial charge in [-0.15, -0.1) is 6.58 Å². The van der Waals surface area contributed by atoms with Crippen molar-refractivity contribution in [2.24, 2.45) is 0 Å². The van der Waals surface area contributed by atoms with E-state index in [2.05, 4.69) is 22.2 Å². The number of rotatable bonds is 6. The van der Waals surface area contributed by atoms with Gasteiger partial charge in [-0.1, -0.05) is 24.3 Å². The van der Waals surface area contributed by atoms with Crippen LogP contribution in [0.5, 0.6) is 0 Å². The molecule has 0 aliphatic heterocycles. The molecule has 110 valence electrons. The Morgan fingerprint density at radius 1 is 1.38 bits per heavy atom. The van der Waals surface area contributed by atoms with E-state index in [-0.39, 0.29) is 13.0 Å². The Labute approximate surface area is 121 Å². The minimum Gasteiger partial charge on any atom is -0.480 e. The summed E-state index contributed by atoms with van der Waals surface area (Å²) in [4.78, 5) is 26.0. The average molecular weight is 287 g/mol. The van der Waals surface area contributed by atoms with Gasteiger partial charge in [0.1, 0.15) is 6.04 Å². The predicted molar refractivity (Wildman–Crippen MR) is 80.2 cm³/mol. The number of aromatic nitrogens is 1. The number of nitrogens with one attached hydrogen (secondary N) is 3. The molecule has 0 saturated carbocycles. The van der Waals surface area contributed by atoms with E-state index in [0.29, 0.717) is 0 Å². The maximum Gasteiger partial charge on any atom is 0.326 e. The summed E-state index contributed by atoms with van der Waals surface area (Å²) in [5.74, 6) is -1.07. The van der Waals surface area contributed by atoms with Gasteiger partial charge in [-0.25, -0.2) is 9.59 Å². The number of urea groups is 1. The largest absolute Gasteiger partial charge is 0.480 e. The summed E-state index contributed by atoms with van der Waals surface area (Å²) in [6.45, 7) is 3.76. The second-order valence-electron chi connectivity index (χ2n) is 4.60. The number of carboxylic acid groups (broad SMARTS) is 1. The summed E-state index contributed by atoms with van der Waals surface area (Å²) in [6, 6.07) is 6.10. The maximum absolute atomic E-state index is 11.6. The molecule has 0 saturated heterocycles. The Balaban J connectivity index is 2.11. The van der Waals surface area contributed by atoms with Crippen molar-refractivity contribution < 1.29 is 14.7 Å². The van der Waals surface area contributed by atoms with Gasteiger partial charge in [0, 0.05) is 30.1 Å². The Morgan fingerprint density at radius 2 is 2.14 bits per heavy atom. The van der Waals surface area contributed by atoms with Crippen LogP contribution in [-0.4, -0.2) is 34.7 Å². The number of amides is 2. The van der Waals surface area contributed by atoms with Crippen LogP contribution in [0.2, 0.25) is 0 Å². The second-order valence-corrected chi connectivity index (χ2v) is 4.60. The number of hydrogen-bond donors (Lipinski definition) is 4. The number of carbonyl (C=O) groups excluding carboxylic acids is 1. The smallest absolute Gasteiger partial charge is 0.326 e. The number of fused-ring (bicyclic) bond motifs is 1. The number of carbonyl (C=O) groups is 2. The number of carboxylic acids is 1. The molecule has 21 heavy (non-hydrogen) atoms. The SMILES string of the molecule is C=CCNC(=O)N[C@@H](Cc1c[nH]c2ccccc12)C(=O)O. The Hall–Kier alpha value is -2.76. The van der Waals surface area contributed by atoms with Gasteiger partial charge < -0.3 is 20.7 Å². The van der Waals surface area contributed by atoms with Gasteiger partial charge in [-0.05, 0) is 11.6 Å². The van der Waals surface area contributed by atoms with Crippen LogP contribution >= 0.6 is 0 Å². The quantitative estimate of drug-likeness (QED) is 0.608. The minimum absolute atomic E-state index is 0.209. The van der Waals surface area contributed by atoms with Crippen molar-refractivity contribution in [2.75, 3.05) is 6.54 Å². The average Bonchev–Trinajstić information content (AvgIpc) is 2.87. The van der Waals surface area contributed by atoms with Crippen molar-refractivity contribution in [3.8, 4) is 0 Å². The summed E-state index contributed by atoms with van der Waals surface area (Å²) in [7, 11) is 0. The van der Waals surface area contributed by atoms with Gasteiger partial charge in [0.15, 0.2) is 0 Å². The van der Waals surface area contributed by atoms with Crippen molar-refractivity contribution in [3.05, 3.63) is 48.7 Å². The number of H-pyrrole nitrogens is 1. The Morgan fingerprint density at radius 3 is 2.86 bits per heavy atom. The summed E-state index contributed by atoms with van der Waals surface area (Å²) in [5.41, 5.74) is 1.79. The molecule has 2 amide bonds. The van der Waals surface area contributed by atoms with Crippen molar-refractivity contribution >= 4 is 22.9 Å². The summed E-state index contributed by atoms with van der Waals surface area (Å²) < 4.78 is 0. The molecule has 6 heteroatoms. The first kappa shape index (κ1) is 14.6. The van der Waals surface area contributed by atoms with E-state index < -0.39 is 18.0 Å². The topological polar surface area (TPSA) is 94.2 Å². The lowest BCUT2D eigenvalue weighted by Gasteiger charge is -2.14. The molecule has 0 radical (unpaired) electrons. The molecule has 0 aliphatic rings. The third-order valence-corrected chi connectivity index (χ3v) is 3.11. The van der Waals surface area contributed by atoms with Gasteiger partial charge in [0.2, 0.25) is 0 Å². The van der Waals surface area contributed by atoms with E-state index in [0.717, 1.165) is 16.5 Å². The highest BCUT2D eigenvalue weighted by Gasteiger charge is 2.21. The van der Waals surface area contributed by atoms with E-state index >= 15 is 0 Å². The molecule has 0 fully saturated rings. The summed E-state index contributed by atoms with van der Waals surface area (Å²) >= 11 is 0. The van der Waals surface area contributed by atoms with Crippen LogP contribution in [0.1, 0.15) is 5.56 Å². The molecule has 0 spiro atoms. The first-order chi connectivity index (χ1) is 10.1. The van der Waals surface area contributed by atoms with Crippen LogP contribution in [0.3, 0.4) is 0 Å². The second kappa shape index (κ2) is 6.60. The molecule has 1 aromatic heterocycles. The monoisotopic (exact) mass is 287 g/mol. The zero-order valence-electron chi connectivity index (χ0n) is 11.4. The highest BCUT2D eigenvalue weighted by atomic mass is 16.4. The van der Waals surface area contributed by atoms with E-state index in [1.54, 1.807) is 6.20 Å². The van der Waals surface area contributed by atoms with Gasteiger partial charge in [0.05, 0.1) is 0 Å². The molecule has 0 aliphatic carbocycles. The molecule has 2 aromatic rings. The van der Waals surface area contributed by atoms with E-state index in [1.807, 2.05) is 24.3 Å². The molecule has 1 heterocycles. The molecule has 0 unspecified atom stereocenters. The molecular weight excluding hydrogens is 270 g/mol. The minimum atomic E-state index is -1.07. The number of aliphatic carboxylic acids is 1. The van der Waals surface area contributed by atoms with Crippen molar-refractivity contribution in [1.29, 1.82) is 0 Å². The van der Waals surface area contributed by atoms with Crippen LogP contribution in [0.25, 0.3) is 10.9 Å². The van der Waals surface area contributed by atoms with Crippen LogP contribution < -0.4 is 10.6 Å². The van der Waals surface area contributed by atoms with Gasteiger partial charge in [0.25, 0.3) is 0 Å². The lowest BCUT2D eigenvalue weighted by atomic mass is 10.1. The molecule has 6 nitrogen and oxygen atoms in total. The maximum atomic E-state index is 11.6. The number of aromatic amines is 1. The third-order valence-electron chi connectivity index (χ3n) is 3.11. The van der Waals surface area contributed by atoms with Crippen molar-refractivity contribution in [2.45, 2.75) is 12.5 Å². The predicted octanol–water partition coefficient (Wildman–Crippen LogP) is 1.65. The summed E-state index contributed by atoms with van der Waals surface area (Å²) in [5, 5.41) is 15.1. The van der Waals surface area contributed by atoms with Crippen molar-refractivity contribution in [3.63, 3.8) is 0 Å². The van der Waals surface area contributed by atoms with E-state index in [9.17, 15) is 14.7 Å². The first-order valence-corrected chi connectivity index (χ1v) is 6.55. The molecular formula is C15H17N3O3. The lowest BCUT2D eigenvalue weighted by Crippen LogP contribution is -2.47. The normalized spacial score (nSPS) is 11.8. The highest BCUT2D eigenvalue weighted by molar-refractivity contribution is 5.86. The fourth-order valence-corrected chi connectivity index (χ4v) is 2.09. The highest BCUT2D eigenvalue weighted by Crippen LogP contribution is 2.19. The third kappa shape index (κ3) is 3.62.